The van der Waals surface area contributed by atoms with Crippen molar-refractivity contribution in [2.75, 3.05) is 39.5 Å². The second kappa shape index (κ2) is 11.9. The molecular weight excluding hydrogens is 494 g/mol. The van der Waals surface area contributed by atoms with E-state index in [0.717, 1.165) is 35.5 Å². The molecule has 2 aliphatic carbocycles. The summed E-state index contributed by atoms with van der Waals surface area (Å²) >= 11 is 0. The first-order valence-electron chi connectivity index (χ1n) is 13.6. The number of benzene rings is 1. The number of anilines is 2. The number of nitrogens with two attached hydrogens (primary N) is 1. The van der Waals surface area contributed by atoms with E-state index in [0.29, 0.717) is 50.5 Å². The van der Waals surface area contributed by atoms with E-state index in [1.54, 1.807) is 18.0 Å². The van der Waals surface area contributed by atoms with Gasteiger partial charge in [0.2, 0.25) is 11.8 Å². The summed E-state index contributed by atoms with van der Waals surface area (Å²) in [4.78, 5) is 50.5. The Labute approximate surface area is 230 Å². The second-order valence-corrected chi connectivity index (χ2v) is 10.7. The van der Waals surface area contributed by atoms with E-state index < -0.39 is 11.4 Å². The fraction of sp³-hybridized carbons (Fsp3) is 0.483. The third-order valence-corrected chi connectivity index (χ3v) is 7.27. The van der Waals surface area contributed by atoms with Gasteiger partial charge in [0, 0.05) is 37.8 Å². The second-order valence-electron chi connectivity index (χ2n) is 10.7. The molecule has 4 rings (SSSR count). The highest BCUT2D eigenvalue weighted by Gasteiger charge is 2.54. The van der Waals surface area contributed by atoms with Gasteiger partial charge in [-0.05, 0) is 70.3 Å². The van der Waals surface area contributed by atoms with Gasteiger partial charge in [0.05, 0.1) is 11.4 Å². The molecular formula is C29H39N7O3. The summed E-state index contributed by atoms with van der Waals surface area (Å²) in [5.74, 6) is -0.151. The van der Waals surface area contributed by atoms with Crippen molar-refractivity contribution in [2.24, 2.45) is 5.73 Å². The van der Waals surface area contributed by atoms with Crippen LogP contribution in [0.25, 0.3) is 0 Å². The molecule has 0 aliphatic heterocycles. The van der Waals surface area contributed by atoms with Crippen molar-refractivity contribution < 1.29 is 14.4 Å². The zero-order valence-electron chi connectivity index (χ0n) is 23.3. The molecule has 1 aromatic carbocycles. The smallest absolute Gasteiger partial charge is 0.271 e. The molecule has 2 saturated carbocycles. The van der Waals surface area contributed by atoms with Crippen LogP contribution in [0, 0.1) is 0 Å². The number of amides is 3. The van der Waals surface area contributed by atoms with Gasteiger partial charge in [-0.2, -0.15) is 0 Å². The Bertz CT molecular complexity index is 1270. The molecule has 3 amide bonds. The lowest BCUT2D eigenvalue weighted by Gasteiger charge is -2.26. The minimum atomic E-state index is -0.767. The van der Waals surface area contributed by atoms with Crippen LogP contribution in [-0.2, 0) is 22.4 Å². The molecule has 2 aliphatic rings. The first-order chi connectivity index (χ1) is 18.6. The molecule has 2 fully saturated rings. The van der Waals surface area contributed by atoms with E-state index in [-0.39, 0.29) is 17.5 Å². The number of aryl methyl sites for hydroxylation is 1. The Morgan fingerprint density at radius 2 is 1.90 bits per heavy atom. The first-order valence-corrected chi connectivity index (χ1v) is 13.6. The fourth-order valence-electron chi connectivity index (χ4n) is 4.63. The van der Waals surface area contributed by atoms with Gasteiger partial charge in [-0.3, -0.25) is 14.4 Å². The van der Waals surface area contributed by atoms with Crippen LogP contribution in [0.5, 0.6) is 0 Å². The fourth-order valence-corrected chi connectivity index (χ4v) is 4.63. The Hall–Kier alpha value is -3.79. The van der Waals surface area contributed by atoms with E-state index in [1.165, 1.54) is 6.08 Å². The monoisotopic (exact) mass is 533 g/mol. The molecule has 1 aromatic heterocycles. The predicted octanol–water partition coefficient (Wildman–Crippen LogP) is 2.53. The number of nitrogens with zero attached hydrogens (tertiary/aromatic N) is 4. The maximum Gasteiger partial charge on any atom is 0.271 e. The van der Waals surface area contributed by atoms with Crippen LogP contribution in [0.4, 0.5) is 11.5 Å². The van der Waals surface area contributed by atoms with Crippen molar-refractivity contribution in [3.63, 3.8) is 0 Å². The highest BCUT2D eigenvalue weighted by Crippen LogP contribution is 2.42. The van der Waals surface area contributed by atoms with E-state index in [1.807, 2.05) is 50.2 Å². The molecule has 39 heavy (non-hydrogen) atoms. The Morgan fingerprint density at radius 1 is 1.15 bits per heavy atom. The standard InChI is InChI=1S/C29H39N7O3/c1-5-22-24(20-11-12-20)34-27(25(33-22)26(30)38)32-21-9-6-8-19(18-21)13-16-31-28(39)29(14-15-29)36(4)23(37)10-7-17-35(2)3/h6-10,18,20H,5,11-17H2,1-4H3,(H2,30,38)(H,31,39)(H,32,34). The van der Waals surface area contributed by atoms with Gasteiger partial charge in [-0.15, -0.1) is 0 Å². The van der Waals surface area contributed by atoms with Crippen molar-refractivity contribution in [1.82, 2.24) is 25.1 Å². The highest BCUT2D eigenvalue weighted by molar-refractivity contribution is 5.97. The summed E-state index contributed by atoms with van der Waals surface area (Å²) in [5.41, 5.74) is 8.52. The number of likely N-dealkylation sites (N-methyl/N-ethyl adjacent to an activating group) is 2. The third kappa shape index (κ3) is 6.81. The summed E-state index contributed by atoms with van der Waals surface area (Å²) in [7, 11) is 5.55. The lowest BCUT2D eigenvalue weighted by atomic mass is 10.1. The molecule has 0 radical (unpaired) electrons. The lowest BCUT2D eigenvalue weighted by molar-refractivity contribution is -0.137. The average Bonchev–Trinajstić information content (AvgIpc) is 3.82. The molecule has 0 spiro atoms. The molecule has 0 atom stereocenters. The number of nitrogens with one attached hydrogen (secondary N) is 2. The maximum atomic E-state index is 13.0. The SMILES string of the molecule is CCc1nc(C(N)=O)c(Nc2cccc(CCNC(=O)C3(N(C)C(=O)C=CCN(C)C)CC3)c2)nc1C1CC1. The molecule has 2 aromatic rings. The highest BCUT2D eigenvalue weighted by atomic mass is 16.2. The molecule has 10 nitrogen and oxygen atoms in total. The number of rotatable bonds is 13. The maximum absolute atomic E-state index is 13.0. The number of carbonyl (C=O) groups is 3. The van der Waals surface area contributed by atoms with E-state index in [9.17, 15) is 14.4 Å². The van der Waals surface area contributed by atoms with Gasteiger partial charge in [0.25, 0.3) is 5.91 Å². The number of aromatic nitrogens is 2. The molecule has 0 unspecified atom stereocenters. The van der Waals surface area contributed by atoms with Gasteiger partial charge < -0.3 is 26.2 Å². The van der Waals surface area contributed by atoms with Crippen LogP contribution in [0.3, 0.4) is 0 Å². The van der Waals surface area contributed by atoms with Gasteiger partial charge >= 0.3 is 0 Å². The van der Waals surface area contributed by atoms with E-state index in [2.05, 4.69) is 15.6 Å². The van der Waals surface area contributed by atoms with Crippen LogP contribution < -0.4 is 16.4 Å². The minimum absolute atomic E-state index is 0.126. The summed E-state index contributed by atoms with van der Waals surface area (Å²) in [5, 5.41) is 6.25. The number of hydrogen-bond donors (Lipinski definition) is 3. The Morgan fingerprint density at radius 3 is 2.51 bits per heavy atom. The molecule has 208 valence electrons. The summed E-state index contributed by atoms with van der Waals surface area (Å²) in [6.07, 6.45) is 8.11. The number of hydrogen-bond acceptors (Lipinski definition) is 7. The van der Waals surface area contributed by atoms with Crippen molar-refractivity contribution >= 4 is 29.2 Å². The number of carbonyl (C=O) groups excluding carboxylic acids is 3. The van der Waals surface area contributed by atoms with Gasteiger partial charge in [-0.25, -0.2) is 9.97 Å². The van der Waals surface area contributed by atoms with Gasteiger partial charge in [0.1, 0.15) is 5.54 Å². The Balaban J connectivity index is 1.37. The third-order valence-electron chi connectivity index (χ3n) is 7.27. The topological polar surface area (TPSA) is 134 Å². The van der Waals surface area contributed by atoms with Crippen molar-refractivity contribution in [2.45, 2.75) is 56.9 Å². The van der Waals surface area contributed by atoms with Crippen LogP contribution in [0.15, 0.2) is 36.4 Å². The number of primary amides is 1. The minimum Gasteiger partial charge on any atom is -0.364 e. The van der Waals surface area contributed by atoms with Crippen molar-refractivity contribution in [1.29, 1.82) is 0 Å². The summed E-state index contributed by atoms with van der Waals surface area (Å²) < 4.78 is 0. The zero-order chi connectivity index (χ0) is 28.2. The van der Waals surface area contributed by atoms with Crippen molar-refractivity contribution in [3.05, 3.63) is 59.1 Å². The normalized spacial score (nSPS) is 15.8. The Kier molecular flexibility index (Phi) is 8.64. The zero-order valence-corrected chi connectivity index (χ0v) is 23.3. The van der Waals surface area contributed by atoms with E-state index in [4.69, 9.17) is 10.7 Å². The molecule has 4 N–H and O–H groups in total. The quantitative estimate of drug-likeness (QED) is 0.337. The summed E-state index contributed by atoms with van der Waals surface area (Å²) in [6.45, 7) is 3.10. The van der Waals surface area contributed by atoms with Crippen molar-refractivity contribution in [3.8, 4) is 0 Å². The van der Waals surface area contributed by atoms with E-state index >= 15 is 0 Å². The largest absolute Gasteiger partial charge is 0.364 e. The van der Waals surface area contributed by atoms with Gasteiger partial charge in [-0.1, -0.05) is 25.1 Å². The lowest BCUT2D eigenvalue weighted by Crippen LogP contribution is -2.49. The molecule has 10 heteroatoms. The van der Waals surface area contributed by atoms with Crippen LogP contribution >= 0.6 is 0 Å². The first kappa shape index (κ1) is 28.2. The van der Waals surface area contributed by atoms with Gasteiger partial charge in [0.15, 0.2) is 11.5 Å². The summed E-state index contributed by atoms with van der Waals surface area (Å²) in [6, 6.07) is 7.74. The van der Waals surface area contributed by atoms with Crippen LogP contribution in [0.2, 0.25) is 0 Å². The molecule has 1 heterocycles. The van der Waals surface area contributed by atoms with Crippen LogP contribution in [-0.4, -0.2) is 77.3 Å². The average molecular weight is 534 g/mol. The predicted molar refractivity (Wildman–Crippen MR) is 151 cm³/mol. The molecule has 0 saturated heterocycles. The van der Waals surface area contributed by atoms with Crippen LogP contribution in [0.1, 0.15) is 66.0 Å². The molecule has 0 bridgehead atoms.